The van der Waals surface area contributed by atoms with Crippen LogP contribution >= 0.6 is 15.9 Å². The number of nitroso groups, excluding NO2 is 1. The van der Waals surface area contributed by atoms with Crippen LogP contribution in [0.15, 0.2) is 15.8 Å². The third kappa shape index (κ3) is 1.45. The molecule has 0 N–H and O–H groups in total. The van der Waals surface area contributed by atoms with Gasteiger partial charge in [-0.2, -0.15) is 0 Å². The summed E-state index contributed by atoms with van der Waals surface area (Å²) in [5.74, 6) is 0.255. The molecule has 0 aromatic carbocycles. The zero-order valence-electron chi connectivity index (χ0n) is 6.67. The van der Waals surface area contributed by atoms with Crippen LogP contribution in [0.25, 0.3) is 0 Å². The Morgan fingerprint density at radius 2 is 2.33 bits per heavy atom. The van der Waals surface area contributed by atoms with E-state index in [9.17, 15) is 4.91 Å². The van der Waals surface area contributed by atoms with E-state index in [1.807, 2.05) is 0 Å². The molecular weight excluding hydrogens is 224 g/mol. The number of halogens is 1. The van der Waals surface area contributed by atoms with Gasteiger partial charge in [-0.25, -0.2) is 4.98 Å². The van der Waals surface area contributed by atoms with Crippen molar-refractivity contribution in [2.24, 2.45) is 5.18 Å². The van der Waals surface area contributed by atoms with Crippen LogP contribution in [0.4, 0.5) is 5.69 Å². The average Bonchev–Trinajstić information content (AvgIpc) is 2.09. The summed E-state index contributed by atoms with van der Waals surface area (Å²) in [4.78, 5) is 14.2. The molecule has 0 bridgehead atoms. The molecule has 0 aliphatic rings. The highest BCUT2D eigenvalue weighted by Gasteiger charge is 2.10. The van der Waals surface area contributed by atoms with Crippen molar-refractivity contribution in [3.8, 4) is 5.88 Å². The largest absolute Gasteiger partial charge is 0.479 e. The molecule has 0 amide bonds. The average molecular weight is 231 g/mol. The van der Waals surface area contributed by atoms with Crippen LogP contribution in [-0.4, -0.2) is 12.1 Å². The van der Waals surface area contributed by atoms with Crippen LogP contribution in [-0.2, 0) is 0 Å². The summed E-state index contributed by atoms with van der Waals surface area (Å²) in [6, 6.07) is 0. The van der Waals surface area contributed by atoms with E-state index in [-0.39, 0.29) is 11.6 Å². The van der Waals surface area contributed by atoms with Crippen molar-refractivity contribution in [2.75, 3.05) is 7.11 Å². The lowest BCUT2D eigenvalue weighted by Gasteiger charge is -2.04. The first-order valence-electron chi connectivity index (χ1n) is 3.23. The molecule has 1 aromatic rings. The van der Waals surface area contributed by atoms with Crippen molar-refractivity contribution in [1.29, 1.82) is 0 Å². The van der Waals surface area contributed by atoms with Gasteiger partial charge in [0, 0.05) is 10.7 Å². The van der Waals surface area contributed by atoms with Gasteiger partial charge in [-0.15, -0.1) is 4.91 Å². The topological polar surface area (TPSA) is 51.6 Å². The maximum absolute atomic E-state index is 10.4. The van der Waals surface area contributed by atoms with Crippen molar-refractivity contribution in [3.63, 3.8) is 0 Å². The van der Waals surface area contributed by atoms with Crippen molar-refractivity contribution in [2.45, 2.75) is 6.92 Å². The summed E-state index contributed by atoms with van der Waals surface area (Å²) >= 11 is 3.23. The molecule has 5 heteroatoms. The smallest absolute Gasteiger partial charge is 0.243 e. The van der Waals surface area contributed by atoms with E-state index in [0.717, 1.165) is 10.0 Å². The molecule has 64 valence electrons. The Labute approximate surface area is 78.1 Å². The summed E-state index contributed by atoms with van der Waals surface area (Å²) in [7, 11) is 1.45. The first-order valence-corrected chi connectivity index (χ1v) is 4.02. The van der Waals surface area contributed by atoms with Crippen LogP contribution in [0.1, 0.15) is 5.56 Å². The number of methoxy groups -OCH3 is 1. The lowest BCUT2D eigenvalue weighted by atomic mass is 10.2. The highest BCUT2D eigenvalue weighted by atomic mass is 79.9. The van der Waals surface area contributed by atoms with Crippen LogP contribution in [0, 0.1) is 11.8 Å². The quantitative estimate of drug-likeness (QED) is 0.735. The molecule has 0 aliphatic heterocycles. The molecule has 0 saturated heterocycles. The van der Waals surface area contributed by atoms with E-state index in [0.29, 0.717) is 0 Å². The zero-order chi connectivity index (χ0) is 9.14. The number of pyridine rings is 1. The molecule has 0 spiro atoms. The summed E-state index contributed by atoms with van der Waals surface area (Å²) < 4.78 is 5.59. The first-order chi connectivity index (χ1) is 5.70. The van der Waals surface area contributed by atoms with E-state index >= 15 is 0 Å². The van der Waals surface area contributed by atoms with Gasteiger partial charge in [0.2, 0.25) is 5.88 Å². The van der Waals surface area contributed by atoms with Crippen molar-refractivity contribution in [3.05, 3.63) is 21.1 Å². The molecule has 0 radical (unpaired) electrons. The Kier molecular flexibility index (Phi) is 2.75. The minimum Gasteiger partial charge on any atom is -0.479 e. The summed E-state index contributed by atoms with van der Waals surface area (Å²) in [6.07, 6.45) is 1.57. The Hall–Kier alpha value is -0.970. The highest BCUT2D eigenvalue weighted by Crippen LogP contribution is 2.32. The fourth-order valence-corrected chi connectivity index (χ4v) is 1.09. The van der Waals surface area contributed by atoms with Crippen LogP contribution in [0.3, 0.4) is 0 Å². The molecule has 0 atom stereocenters. The second-order valence-electron chi connectivity index (χ2n) is 2.18. The van der Waals surface area contributed by atoms with Crippen LogP contribution in [0.5, 0.6) is 5.88 Å². The number of ether oxygens (including phenoxy) is 1. The molecule has 4 nitrogen and oxygen atoms in total. The Morgan fingerprint density at radius 3 is 2.83 bits per heavy atom. The Balaban J connectivity index is 3.35. The van der Waals surface area contributed by atoms with Crippen molar-refractivity contribution < 1.29 is 4.74 Å². The van der Waals surface area contributed by atoms with Crippen molar-refractivity contribution in [1.82, 2.24) is 4.98 Å². The minimum atomic E-state index is 0.242. The summed E-state index contributed by atoms with van der Waals surface area (Å²) in [5.41, 5.74) is 0.976. The van der Waals surface area contributed by atoms with Crippen LogP contribution in [0.2, 0.25) is 0 Å². The SMILES string of the molecule is COc1ncc(Br)c(C)c1N=O. The highest BCUT2D eigenvalue weighted by molar-refractivity contribution is 9.10. The molecule has 12 heavy (non-hydrogen) atoms. The summed E-state index contributed by atoms with van der Waals surface area (Å²) in [5, 5.41) is 2.83. The third-order valence-corrected chi connectivity index (χ3v) is 2.30. The number of nitrogens with zero attached hydrogens (tertiary/aromatic N) is 2. The van der Waals surface area contributed by atoms with Gasteiger partial charge in [-0.3, -0.25) is 0 Å². The lowest BCUT2D eigenvalue weighted by molar-refractivity contribution is 0.399. The predicted octanol–water partition coefficient (Wildman–Crippen LogP) is 2.56. The minimum absolute atomic E-state index is 0.242. The van der Waals surface area contributed by atoms with Crippen LogP contribution < -0.4 is 4.74 Å². The number of aromatic nitrogens is 1. The third-order valence-electron chi connectivity index (χ3n) is 1.50. The first kappa shape index (κ1) is 9.12. The molecule has 0 unspecified atom stereocenters. The van der Waals surface area contributed by atoms with E-state index in [4.69, 9.17) is 4.74 Å². The fourth-order valence-electron chi connectivity index (χ4n) is 0.804. The molecule has 1 heterocycles. The molecule has 0 saturated carbocycles. The molecular formula is C7H7BrN2O2. The lowest BCUT2D eigenvalue weighted by Crippen LogP contribution is -1.90. The molecule has 1 rings (SSSR count). The second kappa shape index (κ2) is 3.62. The molecule has 0 fully saturated rings. The van der Waals surface area contributed by atoms with Gasteiger partial charge in [0.05, 0.1) is 7.11 Å². The monoisotopic (exact) mass is 230 g/mol. The Morgan fingerprint density at radius 1 is 1.67 bits per heavy atom. The number of hydrogen-bond donors (Lipinski definition) is 0. The number of hydrogen-bond acceptors (Lipinski definition) is 4. The number of rotatable bonds is 2. The van der Waals surface area contributed by atoms with Gasteiger partial charge in [-0.1, -0.05) is 0 Å². The maximum Gasteiger partial charge on any atom is 0.243 e. The maximum atomic E-state index is 10.4. The van der Waals surface area contributed by atoms with E-state index < -0.39 is 0 Å². The summed E-state index contributed by atoms with van der Waals surface area (Å²) in [6.45, 7) is 1.77. The van der Waals surface area contributed by atoms with Gasteiger partial charge in [0.1, 0.15) is 0 Å². The van der Waals surface area contributed by atoms with E-state index in [2.05, 4.69) is 26.1 Å². The standard InChI is InChI=1S/C7H7BrN2O2/c1-4-5(8)3-9-7(12-2)6(4)10-11/h3H,1-2H3. The van der Waals surface area contributed by atoms with Gasteiger partial charge in [-0.05, 0) is 33.6 Å². The fraction of sp³-hybridized carbons (Fsp3) is 0.286. The zero-order valence-corrected chi connectivity index (χ0v) is 8.25. The second-order valence-corrected chi connectivity index (χ2v) is 3.03. The van der Waals surface area contributed by atoms with E-state index in [1.54, 1.807) is 13.1 Å². The van der Waals surface area contributed by atoms with E-state index in [1.165, 1.54) is 7.11 Å². The normalized spacial score (nSPS) is 9.58. The van der Waals surface area contributed by atoms with Crippen molar-refractivity contribution >= 4 is 21.6 Å². The molecule has 0 aliphatic carbocycles. The Bertz CT molecular complexity index is 315. The van der Waals surface area contributed by atoms with Gasteiger partial charge in [0.25, 0.3) is 0 Å². The van der Waals surface area contributed by atoms with Gasteiger partial charge >= 0.3 is 0 Å². The predicted molar refractivity (Wildman–Crippen MR) is 48.7 cm³/mol. The van der Waals surface area contributed by atoms with Gasteiger partial charge < -0.3 is 4.74 Å². The van der Waals surface area contributed by atoms with Gasteiger partial charge in [0.15, 0.2) is 5.69 Å². The molecule has 1 aromatic heterocycles.